The van der Waals surface area contributed by atoms with Gasteiger partial charge < -0.3 is 9.64 Å². The van der Waals surface area contributed by atoms with Crippen molar-refractivity contribution in [1.29, 1.82) is 0 Å². The molecule has 2 aliphatic heterocycles. The lowest BCUT2D eigenvalue weighted by atomic mass is 9.86. The summed E-state index contributed by atoms with van der Waals surface area (Å²) in [5, 5.41) is 0. The van der Waals surface area contributed by atoms with Crippen LogP contribution in [0.5, 0.6) is 0 Å². The van der Waals surface area contributed by atoms with Crippen LogP contribution in [0.25, 0.3) is 0 Å². The molecule has 1 amide bonds. The van der Waals surface area contributed by atoms with E-state index in [1.165, 1.54) is 11.1 Å². The molecule has 2 fully saturated rings. The Morgan fingerprint density at radius 3 is 2.64 bits per heavy atom. The highest BCUT2D eigenvalue weighted by molar-refractivity contribution is 5.79. The fourth-order valence-corrected chi connectivity index (χ4v) is 5.31. The van der Waals surface area contributed by atoms with Crippen LogP contribution in [0.15, 0.2) is 48.8 Å². The number of pyridine rings is 1. The lowest BCUT2D eigenvalue weighted by Gasteiger charge is -2.39. The van der Waals surface area contributed by atoms with Crippen LogP contribution in [-0.4, -0.2) is 52.5 Å². The molecule has 0 N–H and O–H groups in total. The zero-order valence-corrected chi connectivity index (χ0v) is 20.5. The summed E-state index contributed by atoms with van der Waals surface area (Å²) in [5.41, 5.74) is 3.67. The Kier molecular flexibility index (Phi) is 7.82. The molecule has 1 aromatic heterocycles. The van der Waals surface area contributed by atoms with E-state index < -0.39 is 0 Å². The van der Waals surface area contributed by atoms with E-state index in [-0.39, 0.29) is 17.4 Å². The summed E-state index contributed by atoms with van der Waals surface area (Å²) in [6.07, 6.45) is 7.58. The lowest BCUT2D eigenvalue weighted by Crippen LogP contribution is -2.46. The monoisotopic (exact) mass is 449 g/mol. The van der Waals surface area contributed by atoms with Gasteiger partial charge in [0.15, 0.2) is 0 Å². The normalized spacial score (nSPS) is 21.6. The van der Waals surface area contributed by atoms with Crippen LogP contribution in [0.3, 0.4) is 0 Å². The Morgan fingerprint density at radius 1 is 1.15 bits per heavy atom. The number of benzene rings is 1. The minimum atomic E-state index is -0.223. The molecule has 5 heteroatoms. The number of nitrogens with zero attached hydrogens (tertiary/aromatic N) is 3. The van der Waals surface area contributed by atoms with Crippen molar-refractivity contribution in [2.45, 2.75) is 65.1 Å². The Hall–Kier alpha value is -2.24. The van der Waals surface area contributed by atoms with Gasteiger partial charge in [0.25, 0.3) is 0 Å². The van der Waals surface area contributed by atoms with Crippen molar-refractivity contribution in [3.8, 4) is 0 Å². The summed E-state index contributed by atoms with van der Waals surface area (Å²) in [6.45, 7) is 11.8. The molecule has 1 atom stereocenters. The molecule has 1 aromatic carbocycles. The maximum Gasteiger partial charge on any atom is 0.226 e. The van der Waals surface area contributed by atoms with Gasteiger partial charge in [-0.15, -0.1) is 0 Å². The smallest absolute Gasteiger partial charge is 0.226 e. The molecule has 2 aromatic rings. The average molecular weight is 450 g/mol. The summed E-state index contributed by atoms with van der Waals surface area (Å²) >= 11 is 0. The van der Waals surface area contributed by atoms with Crippen LogP contribution >= 0.6 is 0 Å². The van der Waals surface area contributed by atoms with Gasteiger partial charge in [0.05, 0.1) is 5.60 Å². The first-order valence-electron chi connectivity index (χ1n) is 12.5. The molecular formula is C28H39N3O2. The van der Waals surface area contributed by atoms with Crippen LogP contribution in [0.2, 0.25) is 0 Å². The summed E-state index contributed by atoms with van der Waals surface area (Å²) in [5.74, 6) is 0.885. The van der Waals surface area contributed by atoms with Gasteiger partial charge in [-0.1, -0.05) is 30.3 Å². The SMILES string of the molecule is Cc1ccccc1CN1CCC(CN(Cc2cccnc2)C(=O)[C@@H]2CCOC(C)(C)C2)CC1. The minimum Gasteiger partial charge on any atom is -0.376 e. The summed E-state index contributed by atoms with van der Waals surface area (Å²) in [7, 11) is 0. The second-order valence-corrected chi connectivity index (χ2v) is 10.5. The number of ether oxygens (including phenoxy) is 1. The number of amides is 1. The van der Waals surface area contributed by atoms with E-state index in [0.717, 1.165) is 57.4 Å². The average Bonchev–Trinajstić information content (AvgIpc) is 2.81. The number of aromatic nitrogens is 1. The molecule has 0 spiro atoms. The molecule has 0 bridgehead atoms. The van der Waals surface area contributed by atoms with E-state index in [0.29, 0.717) is 19.1 Å². The Balaban J connectivity index is 1.38. The number of hydrogen-bond acceptors (Lipinski definition) is 4. The van der Waals surface area contributed by atoms with Gasteiger partial charge in [0, 0.05) is 44.6 Å². The molecule has 0 aliphatic carbocycles. The Bertz CT molecular complexity index is 906. The van der Waals surface area contributed by atoms with Gasteiger partial charge in [-0.25, -0.2) is 0 Å². The van der Waals surface area contributed by atoms with Gasteiger partial charge in [0.2, 0.25) is 5.91 Å². The van der Waals surface area contributed by atoms with Gasteiger partial charge in [-0.3, -0.25) is 14.7 Å². The maximum absolute atomic E-state index is 13.6. The zero-order valence-electron chi connectivity index (χ0n) is 20.5. The Labute approximate surface area is 199 Å². The first kappa shape index (κ1) is 23.9. The summed E-state index contributed by atoms with van der Waals surface area (Å²) in [4.78, 5) is 22.6. The quantitative estimate of drug-likeness (QED) is 0.607. The van der Waals surface area contributed by atoms with Crippen molar-refractivity contribution < 1.29 is 9.53 Å². The fraction of sp³-hybridized carbons (Fsp3) is 0.571. The molecule has 2 aliphatic rings. The third-order valence-corrected chi connectivity index (χ3v) is 7.30. The number of piperidine rings is 1. The fourth-order valence-electron chi connectivity index (χ4n) is 5.31. The molecule has 178 valence electrons. The predicted molar refractivity (Wildman–Crippen MR) is 132 cm³/mol. The number of rotatable bonds is 7. The summed E-state index contributed by atoms with van der Waals surface area (Å²) in [6, 6.07) is 12.7. The molecule has 0 saturated carbocycles. The third kappa shape index (κ3) is 6.64. The number of carbonyl (C=O) groups excluding carboxylic acids is 1. The van der Waals surface area contributed by atoms with E-state index in [2.05, 4.69) is 65.9 Å². The topological polar surface area (TPSA) is 45.7 Å². The van der Waals surface area contributed by atoms with Gasteiger partial charge in [-0.2, -0.15) is 0 Å². The Morgan fingerprint density at radius 2 is 1.94 bits per heavy atom. The van der Waals surface area contributed by atoms with Crippen LogP contribution in [0.1, 0.15) is 56.2 Å². The van der Waals surface area contributed by atoms with E-state index in [4.69, 9.17) is 4.74 Å². The molecule has 33 heavy (non-hydrogen) atoms. The largest absolute Gasteiger partial charge is 0.376 e. The van der Waals surface area contributed by atoms with Gasteiger partial charge >= 0.3 is 0 Å². The van der Waals surface area contributed by atoms with E-state index in [9.17, 15) is 4.79 Å². The van der Waals surface area contributed by atoms with E-state index >= 15 is 0 Å². The van der Waals surface area contributed by atoms with Crippen LogP contribution in [-0.2, 0) is 22.6 Å². The van der Waals surface area contributed by atoms with E-state index in [1.54, 1.807) is 6.20 Å². The van der Waals surface area contributed by atoms with Crippen molar-refractivity contribution in [2.24, 2.45) is 11.8 Å². The van der Waals surface area contributed by atoms with Crippen LogP contribution in [0.4, 0.5) is 0 Å². The minimum absolute atomic E-state index is 0.0477. The second kappa shape index (κ2) is 10.8. The molecule has 5 nitrogen and oxygen atoms in total. The van der Waals surface area contributed by atoms with Crippen molar-refractivity contribution in [3.63, 3.8) is 0 Å². The maximum atomic E-state index is 13.6. The first-order valence-corrected chi connectivity index (χ1v) is 12.5. The predicted octanol–water partition coefficient (Wildman–Crippen LogP) is 4.84. The standard InChI is InChI=1S/C28H39N3O2/c1-22-7-4-5-9-26(22)21-30-14-10-23(11-15-30)19-31(20-24-8-6-13-29-18-24)27(32)25-12-16-33-28(2,3)17-25/h4-9,13,18,23,25H,10-12,14-17,19-21H2,1-3H3/t25-/m1/s1. The molecule has 3 heterocycles. The van der Waals surface area contributed by atoms with Crippen LogP contribution in [0, 0.1) is 18.8 Å². The highest BCUT2D eigenvalue weighted by Crippen LogP contribution is 2.31. The number of aryl methyl sites for hydroxylation is 1. The number of likely N-dealkylation sites (tertiary alicyclic amines) is 1. The van der Waals surface area contributed by atoms with Crippen molar-refractivity contribution in [2.75, 3.05) is 26.2 Å². The van der Waals surface area contributed by atoms with Crippen molar-refractivity contribution in [3.05, 3.63) is 65.5 Å². The third-order valence-electron chi connectivity index (χ3n) is 7.30. The first-order chi connectivity index (χ1) is 15.9. The van der Waals surface area contributed by atoms with Crippen molar-refractivity contribution in [1.82, 2.24) is 14.8 Å². The molecule has 0 unspecified atom stereocenters. The van der Waals surface area contributed by atoms with Crippen molar-refractivity contribution >= 4 is 5.91 Å². The van der Waals surface area contributed by atoms with E-state index in [1.807, 2.05) is 12.3 Å². The molecule has 4 rings (SSSR count). The number of hydrogen-bond donors (Lipinski definition) is 0. The lowest BCUT2D eigenvalue weighted by molar-refractivity contribution is -0.147. The van der Waals surface area contributed by atoms with Crippen LogP contribution < -0.4 is 0 Å². The second-order valence-electron chi connectivity index (χ2n) is 10.5. The molecule has 2 saturated heterocycles. The van der Waals surface area contributed by atoms with Gasteiger partial charge in [0.1, 0.15) is 0 Å². The number of carbonyl (C=O) groups is 1. The highest BCUT2D eigenvalue weighted by Gasteiger charge is 2.36. The highest BCUT2D eigenvalue weighted by atomic mass is 16.5. The summed E-state index contributed by atoms with van der Waals surface area (Å²) < 4.78 is 5.88. The molecule has 0 radical (unpaired) electrons. The van der Waals surface area contributed by atoms with Gasteiger partial charge in [-0.05, 0) is 88.2 Å². The molecular weight excluding hydrogens is 410 g/mol. The zero-order chi connectivity index (χ0) is 23.3.